The quantitative estimate of drug-likeness (QED) is 0.254. The van der Waals surface area contributed by atoms with Crippen molar-refractivity contribution in [2.45, 2.75) is 25.8 Å². The lowest BCUT2D eigenvalue weighted by molar-refractivity contribution is 0.273. The van der Waals surface area contributed by atoms with Crippen molar-refractivity contribution in [3.05, 3.63) is 54.6 Å². The maximum atomic E-state index is 6.00. The third kappa shape index (κ3) is 6.38. The summed E-state index contributed by atoms with van der Waals surface area (Å²) in [7, 11) is 0. The summed E-state index contributed by atoms with van der Waals surface area (Å²) in [6.45, 7) is 6.39. The smallest absolute Gasteiger partial charge is 0.188 e. The minimum atomic E-state index is 0. The van der Waals surface area contributed by atoms with Crippen LogP contribution in [0.3, 0.4) is 0 Å². The zero-order chi connectivity index (χ0) is 18.9. The molecule has 3 N–H and O–H groups in total. The van der Waals surface area contributed by atoms with Crippen LogP contribution in [-0.2, 0) is 0 Å². The number of nitrogens with two attached hydrogens (primary N) is 1. The second-order valence-corrected chi connectivity index (χ2v) is 6.79. The van der Waals surface area contributed by atoms with Crippen molar-refractivity contribution >= 4 is 29.9 Å². The highest BCUT2D eigenvalue weighted by molar-refractivity contribution is 14.0. The number of likely N-dealkylation sites (tertiary alicyclic amines) is 1. The van der Waals surface area contributed by atoms with Gasteiger partial charge in [-0.15, -0.1) is 24.0 Å². The molecule has 152 valence electrons. The van der Waals surface area contributed by atoms with Gasteiger partial charge in [-0.1, -0.05) is 55.5 Å². The van der Waals surface area contributed by atoms with Crippen LogP contribution in [0.2, 0.25) is 0 Å². The van der Waals surface area contributed by atoms with Crippen LogP contribution in [0.5, 0.6) is 5.75 Å². The van der Waals surface area contributed by atoms with Gasteiger partial charge in [-0.2, -0.15) is 0 Å². The molecule has 0 aromatic heterocycles. The van der Waals surface area contributed by atoms with Crippen molar-refractivity contribution < 1.29 is 4.74 Å². The largest absolute Gasteiger partial charge is 0.491 e. The Hall–Kier alpha value is -1.80. The highest BCUT2D eigenvalue weighted by Crippen LogP contribution is 2.29. The first-order valence-electron chi connectivity index (χ1n) is 9.83. The summed E-state index contributed by atoms with van der Waals surface area (Å²) in [5.41, 5.74) is 8.25. The van der Waals surface area contributed by atoms with Crippen LogP contribution in [0.15, 0.2) is 59.6 Å². The fraction of sp³-hybridized carbons (Fsp3) is 0.409. The summed E-state index contributed by atoms with van der Waals surface area (Å²) >= 11 is 0. The van der Waals surface area contributed by atoms with Crippen LogP contribution in [0.4, 0.5) is 0 Å². The molecule has 28 heavy (non-hydrogen) atoms. The molecule has 5 nitrogen and oxygen atoms in total. The van der Waals surface area contributed by atoms with Crippen molar-refractivity contribution in [3.8, 4) is 16.9 Å². The summed E-state index contributed by atoms with van der Waals surface area (Å²) < 4.78 is 5.97. The van der Waals surface area contributed by atoms with Crippen molar-refractivity contribution in [1.29, 1.82) is 0 Å². The van der Waals surface area contributed by atoms with Gasteiger partial charge in [0.1, 0.15) is 12.4 Å². The number of benzene rings is 2. The van der Waals surface area contributed by atoms with Gasteiger partial charge >= 0.3 is 0 Å². The van der Waals surface area contributed by atoms with Gasteiger partial charge in [0, 0.05) is 11.6 Å². The Labute approximate surface area is 185 Å². The number of ether oxygens (including phenoxy) is 1. The summed E-state index contributed by atoms with van der Waals surface area (Å²) in [5, 5.41) is 3.15. The van der Waals surface area contributed by atoms with E-state index in [1.165, 1.54) is 19.4 Å². The third-order valence-electron chi connectivity index (χ3n) is 5.02. The van der Waals surface area contributed by atoms with Gasteiger partial charge in [0.2, 0.25) is 0 Å². The molecular formula is C22H31IN4O. The molecule has 6 heteroatoms. The molecule has 1 aliphatic heterocycles. The van der Waals surface area contributed by atoms with Gasteiger partial charge in [-0.05, 0) is 37.6 Å². The van der Waals surface area contributed by atoms with E-state index < -0.39 is 0 Å². The molecule has 0 radical (unpaired) electrons. The van der Waals surface area contributed by atoms with E-state index in [1.807, 2.05) is 36.4 Å². The molecule has 1 unspecified atom stereocenters. The third-order valence-corrected chi connectivity index (χ3v) is 5.02. The van der Waals surface area contributed by atoms with E-state index in [4.69, 9.17) is 10.5 Å². The normalized spacial score (nSPS) is 17.2. The van der Waals surface area contributed by atoms with E-state index in [2.05, 4.69) is 40.3 Å². The Bertz CT molecular complexity index is 738. The highest BCUT2D eigenvalue weighted by atomic mass is 127. The number of aliphatic imine (C=N–C) groups is 1. The minimum Gasteiger partial charge on any atom is -0.491 e. The maximum Gasteiger partial charge on any atom is 0.188 e. The van der Waals surface area contributed by atoms with Crippen LogP contribution in [0, 0.1) is 0 Å². The summed E-state index contributed by atoms with van der Waals surface area (Å²) in [6, 6.07) is 18.9. The summed E-state index contributed by atoms with van der Waals surface area (Å²) in [6.07, 6.45) is 2.47. The first kappa shape index (κ1) is 22.5. The van der Waals surface area contributed by atoms with Crippen LogP contribution < -0.4 is 15.8 Å². The number of nitrogens with zero attached hydrogens (tertiary/aromatic N) is 2. The molecule has 0 saturated carbocycles. The topological polar surface area (TPSA) is 62.9 Å². The van der Waals surface area contributed by atoms with E-state index in [1.54, 1.807) is 0 Å². The lowest BCUT2D eigenvalue weighted by atomic mass is 10.1. The van der Waals surface area contributed by atoms with E-state index in [0.717, 1.165) is 30.0 Å². The molecule has 1 saturated heterocycles. The lowest BCUT2D eigenvalue weighted by Crippen LogP contribution is -2.37. The average Bonchev–Trinajstić information content (AvgIpc) is 3.18. The number of likely N-dealkylation sites (N-methyl/N-ethyl adjacent to an activating group) is 1. The van der Waals surface area contributed by atoms with Crippen molar-refractivity contribution in [3.63, 3.8) is 0 Å². The fourth-order valence-electron chi connectivity index (χ4n) is 3.57. The Morgan fingerprint density at radius 2 is 1.93 bits per heavy atom. The lowest BCUT2D eigenvalue weighted by Gasteiger charge is -2.21. The molecule has 1 atom stereocenters. The molecule has 0 amide bonds. The first-order chi connectivity index (χ1) is 13.3. The van der Waals surface area contributed by atoms with Gasteiger partial charge in [-0.25, -0.2) is 0 Å². The van der Waals surface area contributed by atoms with E-state index in [-0.39, 0.29) is 24.0 Å². The molecular weight excluding hydrogens is 463 g/mol. The van der Waals surface area contributed by atoms with Gasteiger partial charge < -0.3 is 15.8 Å². The van der Waals surface area contributed by atoms with Crippen molar-refractivity contribution in [1.82, 2.24) is 10.2 Å². The predicted molar refractivity (Wildman–Crippen MR) is 128 cm³/mol. The molecule has 0 spiro atoms. The minimum absolute atomic E-state index is 0. The van der Waals surface area contributed by atoms with Crippen molar-refractivity contribution in [2.24, 2.45) is 10.7 Å². The SMILES string of the molecule is CCN1CCCC1CN=C(N)NCCOc1ccccc1-c1ccccc1.I. The molecule has 1 aliphatic rings. The van der Waals surface area contributed by atoms with Gasteiger partial charge in [0.15, 0.2) is 5.96 Å². The Balaban J connectivity index is 0.00000280. The Kier molecular flexibility index (Phi) is 9.57. The molecule has 0 aliphatic carbocycles. The van der Waals surface area contributed by atoms with Crippen LogP contribution in [0.1, 0.15) is 19.8 Å². The molecule has 1 fully saturated rings. The Morgan fingerprint density at radius 1 is 1.18 bits per heavy atom. The number of guanidine groups is 1. The zero-order valence-electron chi connectivity index (χ0n) is 16.5. The molecule has 2 aromatic carbocycles. The van der Waals surface area contributed by atoms with Gasteiger partial charge in [0.05, 0.1) is 13.1 Å². The maximum absolute atomic E-state index is 6.00. The molecule has 3 rings (SSSR count). The first-order valence-corrected chi connectivity index (χ1v) is 9.83. The van der Waals surface area contributed by atoms with Crippen LogP contribution >= 0.6 is 24.0 Å². The van der Waals surface area contributed by atoms with Crippen LogP contribution in [0.25, 0.3) is 11.1 Å². The van der Waals surface area contributed by atoms with Gasteiger partial charge in [0.25, 0.3) is 0 Å². The van der Waals surface area contributed by atoms with Crippen molar-refractivity contribution in [2.75, 3.05) is 32.8 Å². The zero-order valence-corrected chi connectivity index (χ0v) is 18.8. The monoisotopic (exact) mass is 494 g/mol. The average molecular weight is 494 g/mol. The number of hydrogen-bond acceptors (Lipinski definition) is 3. The number of halogens is 1. The fourth-order valence-corrected chi connectivity index (χ4v) is 3.57. The van der Waals surface area contributed by atoms with Gasteiger partial charge in [-0.3, -0.25) is 9.89 Å². The molecule has 2 aromatic rings. The van der Waals surface area contributed by atoms with E-state index in [9.17, 15) is 0 Å². The number of nitrogens with one attached hydrogen (secondary N) is 1. The second kappa shape index (κ2) is 11.9. The Morgan fingerprint density at radius 3 is 2.71 bits per heavy atom. The summed E-state index contributed by atoms with van der Waals surface area (Å²) in [5.74, 6) is 1.38. The number of para-hydroxylation sites is 1. The number of rotatable bonds is 8. The summed E-state index contributed by atoms with van der Waals surface area (Å²) in [4.78, 5) is 6.97. The second-order valence-electron chi connectivity index (χ2n) is 6.79. The van der Waals surface area contributed by atoms with E-state index >= 15 is 0 Å². The van der Waals surface area contributed by atoms with E-state index in [0.29, 0.717) is 25.2 Å². The number of hydrogen-bond donors (Lipinski definition) is 2. The van der Waals surface area contributed by atoms with Crippen LogP contribution in [-0.4, -0.2) is 49.7 Å². The molecule has 0 bridgehead atoms. The highest BCUT2D eigenvalue weighted by Gasteiger charge is 2.22. The standard InChI is InChI=1S/C22H30N4O.HI/c1-2-26-15-8-11-19(26)17-25-22(23)24-14-16-27-21-13-7-6-12-20(21)18-9-4-3-5-10-18;/h3-7,9-10,12-13,19H,2,8,11,14-17H2,1H3,(H3,23,24,25);1H. The molecule has 1 heterocycles. The predicted octanol–water partition coefficient (Wildman–Crippen LogP) is 3.74.